The van der Waals surface area contributed by atoms with E-state index < -0.39 is 28.0 Å². The predicted octanol–water partition coefficient (Wildman–Crippen LogP) is 5.08. The van der Waals surface area contributed by atoms with Crippen molar-refractivity contribution in [3.63, 3.8) is 0 Å². The third-order valence-corrected chi connectivity index (χ3v) is 3.15. The Morgan fingerprint density at radius 2 is 1.86 bits per heavy atom. The molecule has 0 amide bonds. The average molecular weight is 368 g/mol. The summed E-state index contributed by atoms with van der Waals surface area (Å²) in [6.07, 6.45) is -4.48. The first-order valence-corrected chi connectivity index (χ1v) is 7.17. The lowest BCUT2D eigenvalue weighted by atomic mass is 9.98. The minimum atomic E-state index is -4.48. The molecule has 0 fully saturated rings. The lowest BCUT2D eigenvalue weighted by Gasteiger charge is -2.19. The fraction of sp³-hybridized carbons (Fsp3) is 0.500. The maximum atomic E-state index is 13.0. The first-order valence-electron chi connectivity index (χ1n) is 6.25. The normalized spacial score (nSPS) is 13.7. The third kappa shape index (κ3) is 4.91. The van der Waals surface area contributed by atoms with E-state index in [-0.39, 0.29) is 11.3 Å². The van der Waals surface area contributed by atoms with Crippen LogP contribution in [0.15, 0.2) is 18.2 Å². The van der Waals surface area contributed by atoms with E-state index in [2.05, 4.69) is 21.4 Å². The van der Waals surface area contributed by atoms with E-state index in [1.807, 2.05) is 0 Å². The highest BCUT2D eigenvalue weighted by Crippen LogP contribution is 2.38. The number of carbonyl (C=O) groups excluding carboxylic acids is 1. The van der Waals surface area contributed by atoms with Crippen LogP contribution >= 0.6 is 15.9 Å². The molecule has 0 saturated heterocycles. The van der Waals surface area contributed by atoms with Crippen molar-refractivity contribution in [1.29, 1.82) is 0 Å². The van der Waals surface area contributed by atoms with Gasteiger partial charge >= 0.3 is 12.1 Å². The van der Waals surface area contributed by atoms with Gasteiger partial charge in [-0.1, -0.05) is 22.0 Å². The van der Waals surface area contributed by atoms with Crippen LogP contribution in [-0.4, -0.2) is 5.97 Å². The molecule has 118 valence electrons. The van der Waals surface area contributed by atoms with Gasteiger partial charge in [0.25, 0.3) is 0 Å². The molecule has 1 N–H and O–H groups in total. The molecule has 3 nitrogen and oxygen atoms in total. The standard InChI is InChI=1S/C14H17BrF3NO2/c1-8(15)10-6-5-9(7-11(10)14(16,17)18)19-21-12(20)13(2,3)4/h5-8,19H,1-4H3. The number of alkyl halides is 4. The summed E-state index contributed by atoms with van der Waals surface area (Å²) in [6, 6.07) is 3.69. The Balaban J connectivity index is 2.99. The van der Waals surface area contributed by atoms with E-state index >= 15 is 0 Å². The van der Waals surface area contributed by atoms with Crippen LogP contribution < -0.4 is 5.48 Å². The maximum absolute atomic E-state index is 13.0. The van der Waals surface area contributed by atoms with Gasteiger partial charge in [-0.15, -0.1) is 0 Å². The van der Waals surface area contributed by atoms with Crippen molar-refractivity contribution in [3.05, 3.63) is 29.3 Å². The molecule has 7 heteroatoms. The Labute approximate surface area is 129 Å². The summed E-state index contributed by atoms with van der Waals surface area (Å²) in [5, 5.41) is 0. The number of anilines is 1. The fourth-order valence-electron chi connectivity index (χ4n) is 1.47. The summed E-state index contributed by atoms with van der Waals surface area (Å²) < 4.78 is 39.1. The van der Waals surface area contributed by atoms with Crippen molar-refractivity contribution in [3.8, 4) is 0 Å². The number of halogens is 4. The highest BCUT2D eigenvalue weighted by molar-refractivity contribution is 9.09. The summed E-state index contributed by atoms with van der Waals surface area (Å²) >= 11 is 3.13. The van der Waals surface area contributed by atoms with Crippen LogP contribution in [0.4, 0.5) is 18.9 Å². The Hall–Kier alpha value is -1.24. The molecule has 1 aromatic rings. The molecular weight excluding hydrogens is 351 g/mol. The zero-order valence-corrected chi connectivity index (χ0v) is 13.7. The van der Waals surface area contributed by atoms with Gasteiger partial charge in [-0.05, 0) is 45.4 Å². The quantitative estimate of drug-likeness (QED) is 0.598. The zero-order valence-electron chi connectivity index (χ0n) is 12.1. The van der Waals surface area contributed by atoms with Crippen LogP contribution in [0.25, 0.3) is 0 Å². The van der Waals surface area contributed by atoms with Gasteiger partial charge in [0.2, 0.25) is 0 Å². The Kier molecular flexibility index (Phi) is 5.30. The number of hydrogen-bond acceptors (Lipinski definition) is 3. The number of benzene rings is 1. The van der Waals surface area contributed by atoms with E-state index in [9.17, 15) is 18.0 Å². The molecule has 1 unspecified atom stereocenters. The monoisotopic (exact) mass is 367 g/mol. The fourth-order valence-corrected chi connectivity index (χ4v) is 1.87. The summed E-state index contributed by atoms with van der Waals surface area (Å²) in [5.74, 6) is -0.561. The predicted molar refractivity (Wildman–Crippen MR) is 78.0 cm³/mol. The van der Waals surface area contributed by atoms with Crippen molar-refractivity contribution in [2.75, 3.05) is 5.48 Å². The molecule has 0 bridgehead atoms. The molecule has 0 aliphatic rings. The summed E-state index contributed by atoms with van der Waals surface area (Å²) in [6.45, 7) is 6.55. The largest absolute Gasteiger partial charge is 0.416 e. The molecule has 0 radical (unpaired) electrons. The van der Waals surface area contributed by atoms with Gasteiger partial charge < -0.3 is 4.84 Å². The first kappa shape index (κ1) is 17.8. The van der Waals surface area contributed by atoms with E-state index in [0.29, 0.717) is 0 Å². The molecular formula is C14H17BrF3NO2. The molecule has 1 rings (SSSR count). The van der Waals surface area contributed by atoms with Crippen LogP contribution in [0, 0.1) is 5.41 Å². The van der Waals surface area contributed by atoms with Crippen molar-refractivity contribution in [1.82, 2.24) is 0 Å². The Morgan fingerprint density at radius 1 is 1.29 bits per heavy atom. The summed E-state index contributed by atoms with van der Waals surface area (Å²) in [4.78, 5) is 15.9. The second-order valence-corrected chi connectivity index (χ2v) is 7.03. The Morgan fingerprint density at radius 3 is 2.29 bits per heavy atom. The molecule has 0 aliphatic carbocycles. The minimum Gasteiger partial charge on any atom is -0.343 e. The number of carbonyl (C=O) groups is 1. The topological polar surface area (TPSA) is 38.3 Å². The van der Waals surface area contributed by atoms with Gasteiger partial charge in [-0.25, -0.2) is 10.3 Å². The van der Waals surface area contributed by atoms with Gasteiger partial charge in [0.05, 0.1) is 16.7 Å². The third-order valence-electron chi connectivity index (χ3n) is 2.66. The number of hydrogen-bond donors (Lipinski definition) is 1. The summed E-state index contributed by atoms with van der Waals surface area (Å²) in [5.41, 5.74) is 0.932. The van der Waals surface area contributed by atoms with E-state index in [4.69, 9.17) is 4.84 Å². The number of rotatable bonds is 3. The van der Waals surface area contributed by atoms with Gasteiger partial charge in [0.15, 0.2) is 0 Å². The molecule has 0 saturated carbocycles. The minimum absolute atomic E-state index is 0.0665. The lowest BCUT2D eigenvalue weighted by molar-refractivity contribution is -0.149. The van der Waals surface area contributed by atoms with Crippen LogP contribution in [0.1, 0.15) is 43.6 Å². The molecule has 0 aromatic heterocycles. The maximum Gasteiger partial charge on any atom is 0.416 e. The van der Waals surface area contributed by atoms with Crippen LogP contribution in [0.3, 0.4) is 0 Å². The van der Waals surface area contributed by atoms with Crippen molar-refractivity contribution >= 4 is 27.6 Å². The second kappa shape index (κ2) is 6.25. The molecule has 0 heterocycles. The van der Waals surface area contributed by atoms with Gasteiger partial charge in [0, 0.05) is 4.83 Å². The highest BCUT2D eigenvalue weighted by atomic mass is 79.9. The smallest absolute Gasteiger partial charge is 0.343 e. The SMILES string of the molecule is CC(Br)c1ccc(NOC(=O)C(C)(C)C)cc1C(F)(F)F. The summed E-state index contributed by atoms with van der Waals surface area (Å²) in [7, 11) is 0. The molecule has 1 atom stereocenters. The van der Waals surface area contributed by atoms with Gasteiger partial charge in [-0.3, -0.25) is 0 Å². The molecule has 21 heavy (non-hydrogen) atoms. The van der Waals surface area contributed by atoms with Crippen LogP contribution in [-0.2, 0) is 15.8 Å². The lowest BCUT2D eigenvalue weighted by Crippen LogP contribution is -2.25. The average Bonchev–Trinajstić information content (AvgIpc) is 2.33. The van der Waals surface area contributed by atoms with Crippen molar-refractivity contribution < 1.29 is 22.8 Å². The highest BCUT2D eigenvalue weighted by Gasteiger charge is 2.34. The van der Waals surface area contributed by atoms with E-state index in [1.54, 1.807) is 27.7 Å². The zero-order chi connectivity index (χ0) is 16.4. The molecule has 0 aliphatic heterocycles. The van der Waals surface area contributed by atoms with Gasteiger partial charge in [0.1, 0.15) is 0 Å². The van der Waals surface area contributed by atoms with E-state index in [0.717, 1.165) is 6.07 Å². The van der Waals surface area contributed by atoms with Crippen LogP contribution in [0.2, 0.25) is 0 Å². The first-order chi connectivity index (χ1) is 9.43. The van der Waals surface area contributed by atoms with Crippen LogP contribution in [0.5, 0.6) is 0 Å². The van der Waals surface area contributed by atoms with Gasteiger partial charge in [-0.2, -0.15) is 13.2 Å². The Bertz CT molecular complexity index is 522. The van der Waals surface area contributed by atoms with Crippen molar-refractivity contribution in [2.24, 2.45) is 5.41 Å². The number of nitrogens with one attached hydrogen (secondary N) is 1. The second-order valence-electron chi connectivity index (χ2n) is 5.66. The molecule has 0 spiro atoms. The molecule has 1 aromatic carbocycles. The van der Waals surface area contributed by atoms with Crippen molar-refractivity contribution in [2.45, 2.75) is 38.7 Å². The van der Waals surface area contributed by atoms with E-state index in [1.165, 1.54) is 12.1 Å².